The lowest BCUT2D eigenvalue weighted by molar-refractivity contribution is 1.08. The van der Waals surface area contributed by atoms with Gasteiger partial charge in [0.15, 0.2) is 0 Å². The molecule has 0 saturated heterocycles. The van der Waals surface area contributed by atoms with E-state index < -0.39 is 0 Å². The summed E-state index contributed by atoms with van der Waals surface area (Å²) in [6.07, 6.45) is 9.17. The largest absolute Gasteiger partial charge is 0.120 e. The van der Waals surface area contributed by atoms with Crippen LogP contribution in [-0.2, 0) is 0 Å². The number of allylic oxidation sites excluding steroid dienone is 2. The third-order valence-corrected chi connectivity index (χ3v) is 2.74. The van der Waals surface area contributed by atoms with Gasteiger partial charge in [-0.25, -0.2) is 0 Å². The Balaban J connectivity index is 2.45. The highest BCUT2D eigenvalue weighted by Gasteiger charge is 1.93. The van der Waals surface area contributed by atoms with E-state index in [2.05, 4.69) is 43.2 Å². The molecule has 0 radical (unpaired) electrons. The molecule has 0 bridgehead atoms. The predicted molar refractivity (Wildman–Crippen MR) is 64.1 cm³/mol. The van der Waals surface area contributed by atoms with E-state index in [0.717, 1.165) is 12.8 Å². The molecule has 0 unspecified atom stereocenters. The van der Waals surface area contributed by atoms with Gasteiger partial charge in [-0.05, 0) is 30.4 Å². The van der Waals surface area contributed by atoms with Crippen LogP contribution in [0.2, 0.25) is 0 Å². The quantitative estimate of drug-likeness (QED) is 0.402. The first-order chi connectivity index (χ1) is 6.83. The molecule has 0 aliphatic rings. The molecule has 0 aliphatic heterocycles. The fourth-order valence-electron chi connectivity index (χ4n) is 1.07. The highest BCUT2D eigenvalue weighted by atomic mass is 32.2. The first kappa shape index (κ1) is 10.9. The van der Waals surface area contributed by atoms with Crippen molar-refractivity contribution in [2.24, 2.45) is 0 Å². The third-order valence-electron chi connectivity index (χ3n) is 1.74. The van der Waals surface area contributed by atoms with Gasteiger partial charge in [0.05, 0.1) is 0 Å². The van der Waals surface area contributed by atoms with Crippen LogP contribution < -0.4 is 0 Å². The Bertz CT molecular complexity index is 330. The fourth-order valence-corrected chi connectivity index (χ4v) is 1.94. The summed E-state index contributed by atoms with van der Waals surface area (Å²) in [5, 5.41) is 0. The van der Waals surface area contributed by atoms with Crippen LogP contribution in [0.4, 0.5) is 0 Å². The van der Waals surface area contributed by atoms with Gasteiger partial charge in [0.1, 0.15) is 0 Å². The minimum absolute atomic E-state index is 0.826. The fraction of sp³-hybridized carbons (Fsp3) is 0.231. The molecule has 0 heterocycles. The number of hydrogen-bond acceptors (Lipinski definition) is 1. The van der Waals surface area contributed by atoms with Crippen LogP contribution in [0.3, 0.4) is 0 Å². The summed E-state index contributed by atoms with van der Waals surface area (Å²) in [6.45, 7) is 2.12. The average molecular weight is 202 g/mol. The standard InChI is InChI=1S/C13H14S/c1-3-4-6-9-12(2)14-13-10-7-5-8-11-13/h1,5,7-11H,4,6H2,2H3/b12-9+. The van der Waals surface area contributed by atoms with Crippen molar-refractivity contribution < 1.29 is 0 Å². The van der Waals surface area contributed by atoms with Crippen molar-refractivity contribution >= 4 is 11.8 Å². The van der Waals surface area contributed by atoms with Crippen LogP contribution >= 0.6 is 11.8 Å². The number of thioether (sulfide) groups is 1. The van der Waals surface area contributed by atoms with Crippen molar-refractivity contribution in [2.45, 2.75) is 24.7 Å². The molecule has 1 rings (SSSR count). The van der Waals surface area contributed by atoms with Crippen LogP contribution in [-0.4, -0.2) is 0 Å². The van der Waals surface area contributed by atoms with E-state index in [1.807, 2.05) is 6.07 Å². The SMILES string of the molecule is C#CCC/C=C(\C)Sc1ccccc1. The molecule has 0 N–H and O–H groups in total. The predicted octanol–water partition coefficient (Wildman–Crippen LogP) is 4.10. The van der Waals surface area contributed by atoms with E-state index >= 15 is 0 Å². The molecule has 0 fully saturated rings. The summed E-state index contributed by atoms with van der Waals surface area (Å²) in [5.74, 6) is 2.63. The van der Waals surface area contributed by atoms with Gasteiger partial charge in [0, 0.05) is 11.3 Å². The molecule has 1 aromatic carbocycles. The molecule has 1 aromatic rings. The number of unbranched alkanes of at least 4 members (excludes halogenated alkanes) is 1. The van der Waals surface area contributed by atoms with E-state index in [1.54, 1.807) is 11.8 Å². The Morgan fingerprint density at radius 3 is 2.79 bits per heavy atom. The lowest BCUT2D eigenvalue weighted by atomic mass is 10.3. The summed E-state index contributed by atoms with van der Waals surface area (Å²) >= 11 is 1.79. The van der Waals surface area contributed by atoms with Gasteiger partial charge in [-0.15, -0.1) is 12.3 Å². The van der Waals surface area contributed by atoms with Crippen molar-refractivity contribution in [1.29, 1.82) is 0 Å². The maximum absolute atomic E-state index is 5.18. The van der Waals surface area contributed by atoms with Crippen LogP contribution in [0.5, 0.6) is 0 Å². The van der Waals surface area contributed by atoms with Crippen molar-refractivity contribution in [3.63, 3.8) is 0 Å². The Kier molecular flexibility index (Phi) is 4.96. The molecule has 0 spiro atoms. The molecular formula is C13H14S. The molecular weight excluding hydrogens is 188 g/mol. The average Bonchev–Trinajstić information content (AvgIpc) is 2.20. The van der Waals surface area contributed by atoms with Crippen molar-refractivity contribution in [2.75, 3.05) is 0 Å². The monoisotopic (exact) mass is 202 g/mol. The van der Waals surface area contributed by atoms with Gasteiger partial charge in [-0.2, -0.15) is 0 Å². The highest BCUT2D eigenvalue weighted by molar-refractivity contribution is 8.03. The number of terminal acetylenes is 1. The zero-order chi connectivity index (χ0) is 10.2. The number of rotatable bonds is 4. The highest BCUT2D eigenvalue weighted by Crippen LogP contribution is 2.25. The van der Waals surface area contributed by atoms with Gasteiger partial charge in [0.2, 0.25) is 0 Å². The zero-order valence-electron chi connectivity index (χ0n) is 8.36. The van der Waals surface area contributed by atoms with Crippen molar-refractivity contribution in [1.82, 2.24) is 0 Å². The Labute approximate surface area is 90.4 Å². The van der Waals surface area contributed by atoms with Crippen LogP contribution in [0.15, 0.2) is 46.2 Å². The molecule has 0 nitrogen and oxygen atoms in total. The van der Waals surface area contributed by atoms with E-state index in [9.17, 15) is 0 Å². The normalized spacial score (nSPS) is 11.0. The Morgan fingerprint density at radius 2 is 2.14 bits per heavy atom. The zero-order valence-corrected chi connectivity index (χ0v) is 9.18. The first-order valence-electron chi connectivity index (χ1n) is 4.66. The number of benzene rings is 1. The summed E-state index contributed by atoms with van der Waals surface area (Å²) in [6, 6.07) is 10.4. The molecule has 0 saturated carbocycles. The minimum atomic E-state index is 0.826. The van der Waals surface area contributed by atoms with E-state index in [4.69, 9.17) is 6.42 Å². The van der Waals surface area contributed by atoms with Gasteiger partial charge in [-0.3, -0.25) is 0 Å². The van der Waals surface area contributed by atoms with Gasteiger partial charge >= 0.3 is 0 Å². The molecule has 0 aliphatic carbocycles. The van der Waals surface area contributed by atoms with Crippen LogP contribution in [0.1, 0.15) is 19.8 Å². The third kappa shape index (κ3) is 4.20. The molecule has 72 valence electrons. The smallest absolute Gasteiger partial charge is 0.0121 e. The summed E-state index contributed by atoms with van der Waals surface area (Å²) < 4.78 is 0. The lowest BCUT2D eigenvalue weighted by Gasteiger charge is -2.00. The minimum Gasteiger partial charge on any atom is -0.120 e. The summed E-state index contributed by atoms with van der Waals surface area (Å²) in [7, 11) is 0. The van der Waals surface area contributed by atoms with Gasteiger partial charge < -0.3 is 0 Å². The van der Waals surface area contributed by atoms with Crippen LogP contribution in [0.25, 0.3) is 0 Å². The number of hydrogen-bond donors (Lipinski definition) is 0. The van der Waals surface area contributed by atoms with Gasteiger partial charge in [0.25, 0.3) is 0 Å². The Hall–Kier alpha value is -1.13. The second-order valence-electron chi connectivity index (χ2n) is 2.97. The Morgan fingerprint density at radius 1 is 1.43 bits per heavy atom. The molecule has 0 atom stereocenters. The first-order valence-corrected chi connectivity index (χ1v) is 5.47. The topological polar surface area (TPSA) is 0 Å². The molecule has 14 heavy (non-hydrogen) atoms. The maximum atomic E-state index is 5.18. The van der Waals surface area contributed by atoms with Gasteiger partial charge in [-0.1, -0.05) is 36.0 Å². The molecule has 0 amide bonds. The lowest BCUT2D eigenvalue weighted by Crippen LogP contribution is -1.72. The van der Waals surface area contributed by atoms with E-state index in [0.29, 0.717) is 0 Å². The maximum Gasteiger partial charge on any atom is 0.0121 e. The van der Waals surface area contributed by atoms with E-state index in [1.165, 1.54) is 9.80 Å². The second-order valence-corrected chi connectivity index (χ2v) is 4.29. The summed E-state index contributed by atoms with van der Waals surface area (Å²) in [5.41, 5.74) is 0. The van der Waals surface area contributed by atoms with Crippen LogP contribution in [0, 0.1) is 12.3 Å². The molecule has 0 aromatic heterocycles. The molecule has 1 heteroatoms. The van der Waals surface area contributed by atoms with Crippen molar-refractivity contribution in [3.05, 3.63) is 41.3 Å². The second kappa shape index (κ2) is 6.34. The summed E-state index contributed by atoms with van der Waals surface area (Å²) in [4.78, 5) is 2.59. The van der Waals surface area contributed by atoms with Crippen molar-refractivity contribution in [3.8, 4) is 12.3 Å². The van der Waals surface area contributed by atoms with E-state index in [-0.39, 0.29) is 0 Å².